The molecule has 6 nitrogen and oxygen atoms in total. The van der Waals surface area contributed by atoms with Crippen LogP contribution in [0.15, 0.2) is 48.8 Å². The van der Waals surface area contributed by atoms with Gasteiger partial charge in [-0.1, -0.05) is 5.92 Å². The molecule has 1 N–H and O–H groups in total. The molecule has 3 atom stereocenters. The van der Waals surface area contributed by atoms with Crippen LogP contribution in [-0.2, 0) is 11.8 Å². The first kappa shape index (κ1) is 24.7. The van der Waals surface area contributed by atoms with Gasteiger partial charge in [0.05, 0.1) is 24.9 Å². The number of aromatic nitrogens is 2. The summed E-state index contributed by atoms with van der Waals surface area (Å²) in [6, 6.07) is 11.1. The molecule has 1 saturated heterocycles. The molecule has 3 heterocycles. The number of carbonyl (C=O) groups is 1. The van der Waals surface area contributed by atoms with Gasteiger partial charge in [0.15, 0.2) is 0 Å². The van der Waals surface area contributed by atoms with Crippen LogP contribution in [0.4, 0.5) is 4.39 Å². The fourth-order valence-corrected chi connectivity index (χ4v) is 5.03. The average molecular weight is 478 g/mol. The number of piperidine rings is 1. The zero-order valence-electron chi connectivity index (χ0n) is 20.3. The normalized spacial score (nSPS) is 19.2. The molecule has 0 saturated carbocycles. The Bertz CT molecular complexity index is 1230. The van der Waals surface area contributed by atoms with Gasteiger partial charge in [-0.2, -0.15) is 0 Å². The Balaban J connectivity index is 1.39. The van der Waals surface area contributed by atoms with Crippen LogP contribution >= 0.6 is 0 Å². The third-order valence-electron chi connectivity index (χ3n) is 6.99. The summed E-state index contributed by atoms with van der Waals surface area (Å²) in [5.74, 6) is 6.42. The van der Waals surface area contributed by atoms with Gasteiger partial charge in [0.25, 0.3) is 0 Å². The van der Waals surface area contributed by atoms with Crippen molar-refractivity contribution in [2.75, 3.05) is 26.7 Å². The number of likely N-dealkylation sites (tertiary alicyclic amines) is 1. The first-order valence-corrected chi connectivity index (χ1v) is 12.1. The number of ether oxygens (including phenoxy) is 1. The summed E-state index contributed by atoms with van der Waals surface area (Å²) in [7, 11) is 3.55. The lowest BCUT2D eigenvalue weighted by molar-refractivity contribution is -0.139. The quantitative estimate of drug-likeness (QED) is 0.471. The first-order valence-electron chi connectivity index (χ1n) is 12.1. The Labute approximate surface area is 205 Å². The number of halogens is 1. The number of nitrogens with zero attached hydrogens (tertiary/aromatic N) is 3. The minimum atomic E-state index is -1.15. The number of rotatable bonds is 8. The summed E-state index contributed by atoms with van der Waals surface area (Å²) in [6.07, 6.45) is 4.40. The largest absolute Gasteiger partial charge is 0.497 e. The summed E-state index contributed by atoms with van der Waals surface area (Å²) < 4.78 is 22.7. The maximum Gasteiger partial charge on any atom is 0.303 e. The SMILES string of the molecule is COc1ccc2nccc(C(F)CC[C@@H]3CCN(CC#Cc4cccn4C)C[C@@H]3CC(=O)O)c2c1. The molecule has 0 spiro atoms. The van der Waals surface area contributed by atoms with E-state index in [0.717, 1.165) is 29.6 Å². The van der Waals surface area contributed by atoms with Crippen LogP contribution in [0.25, 0.3) is 10.9 Å². The monoisotopic (exact) mass is 477 g/mol. The van der Waals surface area contributed by atoms with Crippen molar-refractivity contribution >= 4 is 16.9 Å². The Hall–Kier alpha value is -3.37. The molecular weight excluding hydrogens is 445 g/mol. The molecule has 0 aliphatic carbocycles. The maximum absolute atomic E-state index is 15.4. The van der Waals surface area contributed by atoms with Gasteiger partial charge in [0.2, 0.25) is 0 Å². The van der Waals surface area contributed by atoms with Gasteiger partial charge in [-0.3, -0.25) is 14.7 Å². The van der Waals surface area contributed by atoms with E-state index in [1.807, 2.05) is 48.1 Å². The second-order valence-electron chi connectivity index (χ2n) is 9.28. The van der Waals surface area contributed by atoms with Crippen molar-refractivity contribution in [1.29, 1.82) is 0 Å². The number of carboxylic acid groups (broad SMARTS) is 1. The number of alkyl halides is 1. The highest BCUT2D eigenvalue weighted by atomic mass is 19.1. The predicted octanol–water partition coefficient (Wildman–Crippen LogP) is 4.84. The molecule has 1 aliphatic rings. The van der Waals surface area contributed by atoms with E-state index in [1.54, 1.807) is 19.4 Å². The molecule has 35 heavy (non-hydrogen) atoms. The Kier molecular flexibility index (Phi) is 8.04. The van der Waals surface area contributed by atoms with Gasteiger partial charge in [-0.15, -0.1) is 0 Å². The molecule has 1 unspecified atom stereocenters. The van der Waals surface area contributed by atoms with Crippen LogP contribution in [0.2, 0.25) is 0 Å². The van der Waals surface area contributed by atoms with E-state index in [1.165, 1.54) is 0 Å². The average Bonchev–Trinajstić information content (AvgIpc) is 3.26. The van der Waals surface area contributed by atoms with Crippen LogP contribution in [-0.4, -0.2) is 52.3 Å². The molecule has 0 radical (unpaired) electrons. The van der Waals surface area contributed by atoms with E-state index in [2.05, 4.69) is 21.7 Å². The minimum absolute atomic E-state index is 0.0143. The van der Waals surface area contributed by atoms with Crippen molar-refractivity contribution in [1.82, 2.24) is 14.5 Å². The topological polar surface area (TPSA) is 67.6 Å². The van der Waals surface area contributed by atoms with E-state index in [0.29, 0.717) is 37.2 Å². The Morgan fingerprint density at radius 3 is 2.91 bits per heavy atom. The highest BCUT2D eigenvalue weighted by molar-refractivity contribution is 5.83. The first-order chi connectivity index (χ1) is 16.9. The zero-order valence-corrected chi connectivity index (χ0v) is 20.3. The molecule has 1 aromatic carbocycles. The maximum atomic E-state index is 15.4. The van der Waals surface area contributed by atoms with Crippen LogP contribution in [0.5, 0.6) is 5.75 Å². The van der Waals surface area contributed by atoms with Crippen molar-refractivity contribution in [3.63, 3.8) is 0 Å². The highest BCUT2D eigenvalue weighted by Crippen LogP contribution is 2.36. The van der Waals surface area contributed by atoms with E-state index in [4.69, 9.17) is 4.74 Å². The number of aryl methyl sites for hydroxylation is 1. The number of hydrogen-bond donors (Lipinski definition) is 1. The lowest BCUT2D eigenvalue weighted by Crippen LogP contribution is -2.41. The van der Waals surface area contributed by atoms with Gasteiger partial charge < -0.3 is 14.4 Å². The number of fused-ring (bicyclic) bond motifs is 1. The minimum Gasteiger partial charge on any atom is -0.497 e. The number of pyridine rings is 1. The molecule has 7 heteroatoms. The molecule has 2 aromatic heterocycles. The van der Waals surface area contributed by atoms with E-state index in [-0.39, 0.29) is 18.3 Å². The summed E-state index contributed by atoms with van der Waals surface area (Å²) >= 11 is 0. The second-order valence-corrected chi connectivity index (χ2v) is 9.28. The third kappa shape index (κ3) is 6.20. The van der Waals surface area contributed by atoms with Crippen LogP contribution in [0.1, 0.15) is 43.1 Å². The Morgan fingerprint density at radius 1 is 1.31 bits per heavy atom. The van der Waals surface area contributed by atoms with E-state index >= 15 is 4.39 Å². The predicted molar refractivity (Wildman–Crippen MR) is 134 cm³/mol. The summed E-state index contributed by atoms with van der Waals surface area (Å²) in [4.78, 5) is 18.1. The fourth-order valence-electron chi connectivity index (χ4n) is 5.03. The van der Waals surface area contributed by atoms with Crippen molar-refractivity contribution < 1.29 is 19.0 Å². The molecular formula is C28H32FN3O3. The summed E-state index contributed by atoms with van der Waals surface area (Å²) in [6.45, 7) is 2.12. The van der Waals surface area contributed by atoms with Crippen molar-refractivity contribution in [2.45, 2.75) is 31.9 Å². The number of hydrogen-bond acceptors (Lipinski definition) is 4. The van der Waals surface area contributed by atoms with Gasteiger partial charge in [0, 0.05) is 37.8 Å². The van der Waals surface area contributed by atoms with Crippen molar-refractivity contribution in [3.05, 3.63) is 60.0 Å². The third-order valence-corrected chi connectivity index (χ3v) is 6.99. The lowest BCUT2D eigenvalue weighted by atomic mass is 9.79. The smallest absolute Gasteiger partial charge is 0.303 e. The highest BCUT2D eigenvalue weighted by Gasteiger charge is 2.31. The van der Waals surface area contributed by atoms with Gasteiger partial charge in [-0.05, 0) is 85.5 Å². The lowest BCUT2D eigenvalue weighted by Gasteiger charge is -2.37. The molecule has 4 rings (SSSR count). The van der Waals surface area contributed by atoms with E-state index < -0.39 is 12.1 Å². The van der Waals surface area contributed by atoms with E-state index in [9.17, 15) is 9.90 Å². The second kappa shape index (κ2) is 11.4. The Morgan fingerprint density at radius 2 is 2.17 bits per heavy atom. The van der Waals surface area contributed by atoms with Crippen LogP contribution in [0.3, 0.4) is 0 Å². The zero-order chi connectivity index (χ0) is 24.8. The van der Waals surface area contributed by atoms with Crippen molar-refractivity contribution in [3.8, 4) is 17.6 Å². The molecule has 3 aromatic rings. The van der Waals surface area contributed by atoms with Crippen LogP contribution in [0, 0.1) is 23.7 Å². The van der Waals surface area contributed by atoms with Crippen LogP contribution < -0.4 is 4.74 Å². The fraction of sp³-hybridized carbons (Fsp3) is 0.429. The number of benzene rings is 1. The molecule has 184 valence electrons. The van der Waals surface area contributed by atoms with Crippen molar-refractivity contribution in [2.24, 2.45) is 18.9 Å². The molecule has 0 amide bonds. The molecule has 1 aliphatic heterocycles. The van der Waals surface area contributed by atoms with Gasteiger partial charge in [-0.25, -0.2) is 4.39 Å². The standard InChI is InChI=1S/C28H32FN3O3/c1-31-14-3-5-22(31)6-4-15-32-16-12-20(21(19-32)17-28(33)34)7-9-26(29)24-11-13-30-27-10-8-23(35-2)18-25(24)27/h3,5,8,10-11,13-14,18,20-21,26H,7,9,12,15-17,19H2,1-2H3,(H,33,34)/t20-,21+,26?/m1/s1. The number of aliphatic carboxylic acids is 1. The summed E-state index contributed by atoms with van der Waals surface area (Å²) in [5.41, 5.74) is 2.30. The number of carboxylic acids is 1. The summed E-state index contributed by atoms with van der Waals surface area (Å²) in [5, 5.41) is 10.2. The molecule has 1 fully saturated rings. The molecule has 0 bridgehead atoms. The van der Waals surface area contributed by atoms with Gasteiger partial charge in [0.1, 0.15) is 11.9 Å². The van der Waals surface area contributed by atoms with Gasteiger partial charge >= 0.3 is 5.97 Å². The number of methoxy groups -OCH3 is 1.